The van der Waals surface area contributed by atoms with Crippen LogP contribution in [-0.4, -0.2) is 57.8 Å². The minimum Gasteiger partial charge on any atom is -0.396 e. The van der Waals surface area contributed by atoms with Crippen molar-refractivity contribution in [3.05, 3.63) is 21.7 Å². The lowest BCUT2D eigenvalue weighted by Crippen LogP contribution is -2.39. The van der Waals surface area contributed by atoms with E-state index in [0.29, 0.717) is 0 Å². The van der Waals surface area contributed by atoms with Gasteiger partial charge in [0.25, 0.3) is 0 Å². The summed E-state index contributed by atoms with van der Waals surface area (Å²) in [5.41, 5.74) is 0. The standard InChI is InChI=1S/C10H17N2O13P3S2/c1-10(23-27(18,19)25-28(20,21)24-26(15,16)17)5(4-13)7(14)8(22-10)12-3-2-6(29)11-9(12)30/h2-3,5,7-8,13-14H,4H2,1H3,(H,18,19)(H,20,21)(H,11,29,30)(H2,15,16,17)/t5?,7-,8+,10+/m0/s1. The second kappa shape index (κ2) is 8.98. The van der Waals surface area contributed by atoms with Gasteiger partial charge in [-0.15, -0.1) is 0 Å². The fourth-order valence-corrected chi connectivity index (χ4v) is 6.42. The number of aliphatic hydroxyl groups excluding tert-OH is 2. The maximum atomic E-state index is 12.2. The van der Waals surface area contributed by atoms with Crippen LogP contribution in [0.3, 0.4) is 0 Å². The first-order chi connectivity index (χ1) is 13.5. The monoisotopic (exact) mass is 530 g/mol. The SMILES string of the molecule is C[C@]1(OP(=O)(O)OP(=O)(O)OP(=O)(O)O)O[C@@H](n2ccc(=S)[nH]c2=S)[C@@H](O)C1CO. The van der Waals surface area contributed by atoms with E-state index in [2.05, 4.69) is 13.6 Å². The molecular weight excluding hydrogens is 513 g/mol. The predicted molar refractivity (Wildman–Crippen MR) is 101 cm³/mol. The third-order valence-electron chi connectivity index (χ3n) is 3.77. The molecule has 0 saturated carbocycles. The molecule has 0 amide bonds. The molecule has 0 aromatic carbocycles. The first-order valence-electron chi connectivity index (χ1n) is 7.61. The van der Waals surface area contributed by atoms with Gasteiger partial charge >= 0.3 is 23.5 Å². The molecule has 2 heterocycles. The molecule has 1 aliphatic heterocycles. The predicted octanol–water partition coefficient (Wildman–Crippen LogP) is 0.833. The Morgan fingerprint density at radius 2 is 1.80 bits per heavy atom. The van der Waals surface area contributed by atoms with Crippen LogP contribution in [-0.2, 0) is 31.6 Å². The van der Waals surface area contributed by atoms with Gasteiger partial charge in [-0.3, -0.25) is 9.09 Å². The summed E-state index contributed by atoms with van der Waals surface area (Å²) < 4.78 is 53.2. The smallest absolute Gasteiger partial charge is 0.396 e. The Kier molecular flexibility index (Phi) is 7.80. The van der Waals surface area contributed by atoms with Crippen molar-refractivity contribution in [2.24, 2.45) is 5.92 Å². The summed E-state index contributed by atoms with van der Waals surface area (Å²) in [4.78, 5) is 38.7. The highest BCUT2D eigenvalue weighted by Crippen LogP contribution is 2.68. The van der Waals surface area contributed by atoms with Crippen molar-refractivity contribution in [1.82, 2.24) is 9.55 Å². The molecule has 1 saturated heterocycles. The molecule has 2 rings (SSSR count). The van der Waals surface area contributed by atoms with Crippen molar-refractivity contribution < 1.29 is 61.4 Å². The van der Waals surface area contributed by atoms with E-state index in [0.717, 1.165) is 6.92 Å². The van der Waals surface area contributed by atoms with Crippen LogP contribution in [0.25, 0.3) is 0 Å². The number of aromatic amines is 1. The number of phosphoric acid groups is 3. The molecule has 0 bridgehead atoms. The number of ether oxygens (including phenoxy) is 1. The minimum absolute atomic E-state index is 0.00850. The van der Waals surface area contributed by atoms with Gasteiger partial charge in [-0.2, -0.15) is 8.62 Å². The molecule has 30 heavy (non-hydrogen) atoms. The van der Waals surface area contributed by atoms with Gasteiger partial charge in [-0.05, 0) is 25.2 Å². The number of aromatic nitrogens is 2. The first kappa shape index (κ1) is 26.1. The number of nitrogens with one attached hydrogen (secondary N) is 1. The normalized spacial score (nSPS) is 31.2. The van der Waals surface area contributed by atoms with Gasteiger partial charge in [0.1, 0.15) is 10.7 Å². The molecule has 1 fully saturated rings. The zero-order chi connectivity index (χ0) is 23.1. The zero-order valence-electron chi connectivity index (χ0n) is 14.7. The van der Waals surface area contributed by atoms with E-state index in [9.17, 15) is 33.7 Å². The van der Waals surface area contributed by atoms with E-state index < -0.39 is 54.1 Å². The van der Waals surface area contributed by atoms with Gasteiger partial charge in [0.15, 0.2) is 16.8 Å². The summed E-state index contributed by atoms with van der Waals surface area (Å²) >= 11 is 9.97. The molecular formula is C10H17N2O13P3S2. The molecule has 0 spiro atoms. The molecule has 0 aliphatic carbocycles. The Labute approximate surface area is 178 Å². The summed E-state index contributed by atoms with van der Waals surface area (Å²) in [5, 5.41) is 20.1. The third-order valence-corrected chi connectivity index (χ3v) is 8.24. The summed E-state index contributed by atoms with van der Waals surface area (Å²) in [7, 11) is -17.0. The van der Waals surface area contributed by atoms with Gasteiger partial charge in [0.2, 0.25) is 0 Å². The van der Waals surface area contributed by atoms with E-state index in [-0.39, 0.29) is 9.41 Å². The largest absolute Gasteiger partial charge is 0.490 e. The lowest BCUT2D eigenvalue weighted by molar-refractivity contribution is -0.205. The van der Waals surface area contributed by atoms with Gasteiger partial charge in [-0.1, -0.05) is 12.2 Å². The van der Waals surface area contributed by atoms with E-state index in [4.69, 9.17) is 43.5 Å². The molecule has 7 N–H and O–H groups in total. The highest BCUT2D eigenvalue weighted by atomic mass is 32.1. The summed E-state index contributed by atoms with van der Waals surface area (Å²) in [6.45, 7) is 0.157. The Hall–Kier alpha value is -0.190. The minimum atomic E-state index is -5.77. The number of hydrogen-bond acceptors (Lipinski definition) is 11. The molecule has 1 aliphatic rings. The molecule has 1 aromatic rings. The summed E-state index contributed by atoms with van der Waals surface area (Å²) in [6, 6.07) is 1.40. The number of hydrogen-bond donors (Lipinski definition) is 7. The molecule has 0 radical (unpaired) electrons. The van der Waals surface area contributed by atoms with Crippen LogP contribution in [0.2, 0.25) is 0 Å². The molecule has 15 nitrogen and oxygen atoms in total. The number of H-pyrrole nitrogens is 1. The molecule has 3 unspecified atom stereocenters. The van der Waals surface area contributed by atoms with Crippen LogP contribution in [0.4, 0.5) is 0 Å². The van der Waals surface area contributed by atoms with Gasteiger partial charge < -0.3 is 39.5 Å². The maximum Gasteiger partial charge on any atom is 0.490 e. The van der Waals surface area contributed by atoms with Gasteiger partial charge in [-0.25, -0.2) is 13.7 Å². The molecule has 172 valence electrons. The van der Waals surface area contributed by atoms with E-state index in [1.165, 1.54) is 16.8 Å². The van der Waals surface area contributed by atoms with E-state index in [1.54, 1.807) is 0 Å². The highest BCUT2D eigenvalue weighted by molar-refractivity contribution is 7.72. The Bertz CT molecular complexity index is 1050. The van der Waals surface area contributed by atoms with Crippen molar-refractivity contribution in [3.63, 3.8) is 0 Å². The number of phosphoric ester groups is 1. The van der Waals surface area contributed by atoms with Crippen LogP contribution in [0, 0.1) is 15.3 Å². The average molecular weight is 530 g/mol. The fraction of sp³-hybridized carbons (Fsp3) is 0.600. The Balaban J connectivity index is 2.31. The van der Waals surface area contributed by atoms with Crippen molar-refractivity contribution in [2.45, 2.75) is 25.0 Å². The van der Waals surface area contributed by atoms with Crippen molar-refractivity contribution in [2.75, 3.05) is 6.61 Å². The van der Waals surface area contributed by atoms with Crippen LogP contribution >= 0.6 is 47.9 Å². The van der Waals surface area contributed by atoms with Crippen LogP contribution in [0.1, 0.15) is 13.2 Å². The van der Waals surface area contributed by atoms with E-state index >= 15 is 0 Å². The third kappa shape index (κ3) is 6.42. The lowest BCUT2D eigenvalue weighted by Gasteiger charge is -2.31. The number of aliphatic hydroxyl groups is 2. The van der Waals surface area contributed by atoms with E-state index in [1.807, 2.05) is 0 Å². The number of rotatable bonds is 8. The second-order valence-corrected chi connectivity index (χ2v) is 11.2. The second-order valence-electron chi connectivity index (χ2n) is 6.00. The van der Waals surface area contributed by atoms with Crippen LogP contribution in [0.5, 0.6) is 0 Å². The van der Waals surface area contributed by atoms with Crippen LogP contribution in [0.15, 0.2) is 12.3 Å². The zero-order valence-corrected chi connectivity index (χ0v) is 19.1. The van der Waals surface area contributed by atoms with Crippen molar-refractivity contribution in [3.8, 4) is 0 Å². The first-order valence-corrected chi connectivity index (χ1v) is 13.0. The Morgan fingerprint density at radius 3 is 2.30 bits per heavy atom. The number of nitrogens with zero attached hydrogens (tertiary/aromatic N) is 1. The molecule has 6 atom stereocenters. The quantitative estimate of drug-likeness (QED) is 0.182. The van der Waals surface area contributed by atoms with Crippen molar-refractivity contribution >= 4 is 47.9 Å². The lowest BCUT2D eigenvalue weighted by atomic mass is 9.97. The summed E-state index contributed by atoms with van der Waals surface area (Å²) in [5.74, 6) is -3.70. The topological polar surface area (TPSA) is 230 Å². The average Bonchev–Trinajstić information content (AvgIpc) is 2.72. The summed E-state index contributed by atoms with van der Waals surface area (Å²) in [6.07, 6.45) is -1.60. The highest BCUT2D eigenvalue weighted by Gasteiger charge is 2.57. The van der Waals surface area contributed by atoms with Crippen molar-refractivity contribution in [1.29, 1.82) is 0 Å². The molecule has 20 heteroatoms. The molecule has 1 aromatic heterocycles. The fourth-order valence-electron chi connectivity index (χ4n) is 2.64. The van der Waals surface area contributed by atoms with Crippen LogP contribution < -0.4 is 0 Å². The van der Waals surface area contributed by atoms with Gasteiger partial charge in [0, 0.05) is 6.20 Å². The Morgan fingerprint density at radius 1 is 1.20 bits per heavy atom. The van der Waals surface area contributed by atoms with Gasteiger partial charge in [0.05, 0.1) is 12.5 Å². The maximum absolute atomic E-state index is 12.2.